The maximum absolute atomic E-state index is 9.24. The van der Waals surface area contributed by atoms with Crippen molar-refractivity contribution in [2.75, 3.05) is 13.7 Å². The number of hydrogen-bond donors (Lipinski definition) is 1. The van der Waals surface area contributed by atoms with Crippen LogP contribution in [0.1, 0.15) is 13.3 Å². The lowest BCUT2D eigenvalue weighted by Crippen LogP contribution is -2.31. The summed E-state index contributed by atoms with van der Waals surface area (Å²) in [6.07, 6.45) is 0.426. The Morgan fingerprint density at radius 2 is 2.40 bits per heavy atom. The van der Waals surface area contributed by atoms with E-state index in [0.717, 1.165) is 6.42 Å². The van der Waals surface area contributed by atoms with Gasteiger partial charge in [-0.2, -0.15) is 0 Å². The fourth-order valence-corrected chi connectivity index (χ4v) is 1.32. The molecule has 1 heterocycles. The standard InChI is InChI=1S/C7H14O3/c1-3-6-7(9-2)5(8)4-10-6/h5-8H,3-4H2,1-2H3/t5?,6?,7-/m1/s1. The van der Waals surface area contributed by atoms with Gasteiger partial charge in [0.05, 0.1) is 12.7 Å². The molecule has 1 aliphatic heterocycles. The van der Waals surface area contributed by atoms with Crippen LogP contribution in [0.3, 0.4) is 0 Å². The van der Waals surface area contributed by atoms with Gasteiger partial charge in [-0.3, -0.25) is 0 Å². The maximum atomic E-state index is 9.24. The van der Waals surface area contributed by atoms with Gasteiger partial charge < -0.3 is 14.6 Å². The van der Waals surface area contributed by atoms with E-state index in [1.54, 1.807) is 7.11 Å². The summed E-state index contributed by atoms with van der Waals surface area (Å²) in [5.74, 6) is 0. The molecule has 0 saturated carbocycles. The molecule has 2 unspecified atom stereocenters. The van der Waals surface area contributed by atoms with Crippen LogP contribution >= 0.6 is 0 Å². The van der Waals surface area contributed by atoms with Crippen LogP contribution in [0.4, 0.5) is 0 Å². The minimum atomic E-state index is -0.435. The predicted octanol–water partition coefficient (Wildman–Crippen LogP) is 0.171. The van der Waals surface area contributed by atoms with Gasteiger partial charge >= 0.3 is 0 Å². The Bertz CT molecular complexity index is 105. The van der Waals surface area contributed by atoms with Crippen LogP contribution < -0.4 is 0 Å². The maximum Gasteiger partial charge on any atom is 0.111 e. The highest BCUT2D eigenvalue weighted by Gasteiger charge is 2.34. The van der Waals surface area contributed by atoms with Gasteiger partial charge in [-0.1, -0.05) is 6.92 Å². The summed E-state index contributed by atoms with van der Waals surface area (Å²) in [6, 6.07) is 0. The largest absolute Gasteiger partial charge is 0.388 e. The number of ether oxygens (including phenoxy) is 2. The molecule has 1 rings (SSSR count). The third-order valence-corrected chi connectivity index (χ3v) is 1.90. The Balaban J connectivity index is 2.45. The van der Waals surface area contributed by atoms with Crippen molar-refractivity contribution in [3.63, 3.8) is 0 Å². The van der Waals surface area contributed by atoms with E-state index in [1.165, 1.54) is 0 Å². The molecular weight excluding hydrogens is 132 g/mol. The SMILES string of the molecule is CCC1OCC(O)[C@H]1OC. The molecule has 3 atom stereocenters. The average molecular weight is 146 g/mol. The summed E-state index contributed by atoms with van der Waals surface area (Å²) in [5.41, 5.74) is 0. The lowest BCUT2D eigenvalue weighted by atomic mass is 10.1. The van der Waals surface area contributed by atoms with Crippen LogP contribution in [0, 0.1) is 0 Å². The van der Waals surface area contributed by atoms with Crippen LogP contribution in [0.2, 0.25) is 0 Å². The lowest BCUT2D eigenvalue weighted by Gasteiger charge is -2.16. The van der Waals surface area contributed by atoms with Crippen LogP contribution in [0.5, 0.6) is 0 Å². The van der Waals surface area contributed by atoms with Crippen molar-refractivity contribution in [2.45, 2.75) is 31.7 Å². The zero-order valence-corrected chi connectivity index (χ0v) is 6.41. The summed E-state index contributed by atoms with van der Waals surface area (Å²) in [4.78, 5) is 0. The van der Waals surface area contributed by atoms with Gasteiger partial charge in [-0.05, 0) is 6.42 Å². The van der Waals surface area contributed by atoms with Crippen molar-refractivity contribution in [2.24, 2.45) is 0 Å². The fraction of sp³-hybridized carbons (Fsp3) is 1.00. The smallest absolute Gasteiger partial charge is 0.111 e. The van der Waals surface area contributed by atoms with Gasteiger partial charge in [0, 0.05) is 7.11 Å². The normalized spacial score (nSPS) is 40.5. The van der Waals surface area contributed by atoms with E-state index < -0.39 is 6.10 Å². The van der Waals surface area contributed by atoms with Gasteiger partial charge in [0.2, 0.25) is 0 Å². The van der Waals surface area contributed by atoms with Crippen molar-refractivity contribution >= 4 is 0 Å². The van der Waals surface area contributed by atoms with Gasteiger partial charge in [0.15, 0.2) is 0 Å². The first kappa shape index (κ1) is 7.98. The number of hydrogen-bond acceptors (Lipinski definition) is 3. The van der Waals surface area contributed by atoms with Crippen LogP contribution in [-0.4, -0.2) is 37.1 Å². The number of aliphatic hydroxyl groups excluding tert-OH is 1. The molecule has 0 radical (unpaired) electrons. The topological polar surface area (TPSA) is 38.7 Å². The molecule has 3 nitrogen and oxygen atoms in total. The van der Waals surface area contributed by atoms with E-state index in [-0.39, 0.29) is 12.2 Å². The van der Waals surface area contributed by atoms with Crippen LogP contribution in [-0.2, 0) is 9.47 Å². The Morgan fingerprint density at radius 1 is 1.70 bits per heavy atom. The molecule has 1 N–H and O–H groups in total. The molecule has 0 amide bonds. The highest BCUT2D eigenvalue weighted by atomic mass is 16.6. The van der Waals surface area contributed by atoms with E-state index in [2.05, 4.69) is 0 Å². The molecule has 0 aliphatic carbocycles. The first-order valence-corrected chi connectivity index (χ1v) is 3.62. The highest BCUT2D eigenvalue weighted by molar-refractivity contribution is 4.83. The van der Waals surface area contributed by atoms with Gasteiger partial charge in [0.1, 0.15) is 12.2 Å². The first-order valence-electron chi connectivity index (χ1n) is 3.62. The van der Waals surface area contributed by atoms with Crippen molar-refractivity contribution in [1.82, 2.24) is 0 Å². The summed E-state index contributed by atoms with van der Waals surface area (Å²) in [6.45, 7) is 2.44. The van der Waals surface area contributed by atoms with Crippen molar-refractivity contribution in [3.05, 3.63) is 0 Å². The Morgan fingerprint density at radius 3 is 2.80 bits per heavy atom. The minimum absolute atomic E-state index is 0.0833. The molecule has 0 spiro atoms. The third-order valence-electron chi connectivity index (χ3n) is 1.90. The second kappa shape index (κ2) is 3.32. The van der Waals surface area contributed by atoms with E-state index in [1.807, 2.05) is 6.92 Å². The van der Waals surface area contributed by atoms with Crippen LogP contribution in [0.25, 0.3) is 0 Å². The monoisotopic (exact) mass is 146 g/mol. The van der Waals surface area contributed by atoms with Gasteiger partial charge in [0.25, 0.3) is 0 Å². The van der Waals surface area contributed by atoms with Gasteiger partial charge in [-0.15, -0.1) is 0 Å². The molecule has 60 valence electrons. The van der Waals surface area contributed by atoms with E-state index in [9.17, 15) is 5.11 Å². The number of rotatable bonds is 2. The third kappa shape index (κ3) is 1.31. The Kier molecular flexibility index (Phi) is 2.65. The second-order valence-corrected chi connectivity index (χ2v) is 2.55. The van der Waals surface area contributed by atoms with Gasteiger partial charge in [-0.25, -0.2) is 0 Å². The summed E-state index contributed by atoms with van der Waals surface area (Å²) in [7, 11) is 1.60. The fourth-order valence-electron chi connectivity index (χ4n) is 1.32. The minimum Gasteiger partial charge on any atom is -0.388 e. The number of aliphatic hydroxyl groups is 1. The predicted molar refractivity (Wildman–Crippen MR) is 36.8 cm³/mol. The highest BCUT2D eigenvalue weighted by Crippen LogP contribution is 2.19. The molecular formula is C7H14O3. The summed E-state index contributed by atoms with van der Waals surface area (Å²) in [5, 5.41) is 9.24. The molecule has 0 bridgehead atoms. The quantitative estimate of drug-likeness (QED) is 0.603. The van der Waals surface area contributed by atoms with E-state index in [4.69, 9.17) is 9.47 Å². The average Bonchev–Trinajstić information content (AvgIpc) is 2.30. The molecule has 1 aliphatic rings. The molecule has 3 heteroatoms. The van der Waals surface area contributed by atoms with Crippen molar-refractivity contribution < 1.29 is 14.6 Å². The molecule has 0 aromatic heterocycles. The molecule has 1 fully saturated rings. The zero-order chi connectivity index (χ0) is 7.56. The van der Waals surface area contributed by atoms with Crippen molar-refractivity contribution in [3.8, 4) is 0 Å². The van der Waals surface area contributed by atoms with Crippen LogP contribution in [0.15, 0.2) is 0 Å². The summed E-state index contributed by atoms with van der Waals surface area (Å²) < 4.78 is 10.3. The molecule has 0 aromatic rings. The molecule has 10 heavy (non-hydrogen) atoms. The first-order chi connectivity index (χ1) is 4.79. The van der Waals surface area contributed by atoms with Crippen molar-refractivity contribution in [1.29, 1.82) is 0 Å². The Labute approximate surface area is 60.9 Å². The van der Waals surface area contributed by atoms with E-state index in [0.29, 0.717) is 6.61 Å². The molecule has 0 aromatic carbocycles. The number of methoxy groups -OCH3 is 1. The second-order valence-electron chi connectivity index (χ2n) is 2.55. The lowest BCUT2D eigenvalue weighted by molar-refractivity contribution is -0.0112. The Hall–Kier alpha value is -0.120. The van der Waals surface area contributed by atoms with E-state index >= 15 is 0 Å². The zero-order valence-electron chi connectivity index (χ0n) is 6.41. The molecule has 1 saturated heterocycles. The summed E-state index contributed by atoms with van der Waals surface area (Å²) >= 11 is 0.